The molecule has 0 saturated carbocycles. The van der Waals surface area contributed by atoms with Gasteiger partial charge in [-0.3, -0.25) is 10.2 Å². The highest BCUT2D eigenvalue weighted by atomic mass is 16.5. The second-order valence-corrected chi connectivity index (χ2v) is 14.5. The van der Waals surface area contributed by atoms with Crippen LogP contribution in [0.2, 0.25) is 0 Å². The number of nitrogens with zero attached hydrogens (tertiary/aromatic N) is 4. The van der Waals surface area contributed by atoms with E-state index in [1.165, 1.54) is 6.39 Å². The average Bonchev–Trinajstić information content (AvgIpc) is 4.17. The van der Waals surface area contributed by atoms with E-state index in [-0.39, 0.29) is 0 Å². The number of aromatic amines is 2. The van der Waals surface area contributed by atoms with E-state index in [9.17, 15) is 0 Å². The lowest BCUT2D eigenvalue weighted by Crippen LogP contribution is -2.30. The largest absolute Gasteiger partial charge is 0.497 e. The lowest BCUT2D eigenvalue weighted by molar-refractivity contribution is 0.411. The zero-order valence-electron chi connectivity index (χ0n) is 33.5. The quantitative estimate of drug-likeness (QED) is 0.137. The summed E-state index contributed by atoms with van der Waals surface area (Å²) < 4.78 is 32.6. The van der Waals surface area contributed by atoms with E-state index in [1.807, 2.05) is 48.5 Å². The third-order valence-corrected chi connectivity index (χ3v) is 11.4. The summed E-state index contributed by atoms with van der Waals surface area (Å²) in [6.07, 6.45) is 16.3. The van der Waals surface area contributed by atoms with Crippen LogP contribution in [0.4, 0.5) is 0 Å². The van der Waals surface area contributed by atoms with E-state index < -0.39 is 10.8 Å². The molecule has 10 rings (SSSR count). The van der Waals surface area contributed by atoms with E-state index in [4.69, 9.17) is 27.8 Å². The molecule has 2 aliphatic rings. The molecule has 0 unspecified atom stereocenters. The molecule has 0 radical (unpaired) electrons. The predicted octanol–water partition coefficient (Wildman–Crippen LogP) is 9.28. The van der Waals surface area contributed by atoms with Crippen LogP contribution in [0.3, 0.4) is 0 Å². The number of benzene rings is 4. The molecule has 4 aromatic heterocycles. The van der Waals surface area contributed by atoms with Crippen molar-refractivity contribution < 1.29 is 27.8 Å². The Bertz CT molecular complexity index is 2510. The fraction of sp³-hybridized carbons (Fsp3) is 0.167. The second kappa shape index (κ2) is 16.0. The summed E-state index contributed by atoms with van der Waals surface area (Å²) in [6, 6.07) is 32.8. The Labute approximate surface area is 346 Å². The minimum absolute atomic E-state index is 0.399. The normalized spacial score (nSPS) is 14.3. The van der Waals surface area contributed by atoms with Crippen molar-refractivity contribution in [1.82, 2.24) is 30.4 Å². The molecule has 0 fully saturated rings. The molecule has 2 N–H and O–H groups in total. The van der Waals surface area contributed by atoms with E-state index in [2.05, 4.69) is 103 Å². The van der Waals surface area contributed by atoms with Crippen LogP contribution in [0.5, 0.6) is 23.0 Å². The molecule has 4 aromatic carbocycles. The highest BCUT2D eigenvalue weighted by Crippen LogP contribution is 2.46. The minimum Gasteiger partial charge on any atom is -0.497 e. The number of oxazole rings is 2. The SMILES string of the molecule is COc1cccc(C2(c3cccc(OC)c3)C=Cc3c(-c4cocn4)n[nH]c3C2)c1.COc1cccc(C2(c3cccc(OC)c3)C=Cc3c(-c4ncco4)n[nH]c3C2)c1. The Morgan fingerprint density at radius 2 is 1.02 bits per heavy atom. The molecule has 8 aromatic rings. The Morgan fingerprint density at radius 1 is 0.567 bits per heavy atom. The third kappa shape index (κ3) is 6.81. The first-order chi connectivity index (χ1) is 29.5. The van der Waals surface area contributed by atoms with Gasteiger partial charge in [-0.2, -0.15) is 10.2 Å². The van der Waals surface area contributed by atoms with Gasteiger partial charge in [-0.25, -0.2) is 9.97 Å². The zero-order valence-corrected chi connectivity index (χ0v) is 33.5. The third-order valence-electron chi connectivity index (χ3n) is 11.4. The molecule has 60 heavy (non-hydrogen) atoms. The topological polar surface area (TPSA) is 146 Å². The van der Waals surface area contributed by atoms with Crippen molar-refractivity contribution in [2.24, 2.45) is 0 Å². The maximum atomic E-state index is 5.51. The Kier molecular flexibility index (Phi) is 10.1. The summed E-state index contributed by atoms with van der Waals surface area (Å²) in [5.41, 5.74) is 10.0. The van der Waals surface area contributed by atoms with Gasteiger partial charge in [0.1, 0.15) is 46.9 Å². The van der Waals surface area contributed by atoms with Gasteiger partial charge in [0.2, 0.25) is 5.89 Å². The Balaban J connectivity index is 0.000000154. The van der Waals surface area contributed by atoms with Crippen molar-refractivity contribution in [2.45, 2.75) is 23.7 Å². The molecule has 300 valence electrons. The molecular weight excluding hydrogens is 757 g/mol. The van der Waals surface area contributed by atoms with Crippen LogP contribution in [0.25, 0.3) is 35.1 Å². The van der Waals surface area contributed by atoms with Gasteiger partial charge in [-0.05, 0) is 70.8 Å². The molecule has 0 saturated heterocycles. The summed E-state index contributed by atoms with van der Waals surface area (Å²) >= 11 is 0. The first-order valence-electron chi connectivity index (χ1n) is 19.4. The first kappa shape index (κ1) is 37.9. The molecule has 0 aliphatic heterocycles. The highest BCUT2D eigenvalue weighted by molar-refractivity contribution is 5.75. The fourth-order valence-electron chi connectivity index (χ4n) is 8.29. The van der Waals surface area contributed by atoms with E-state index in [0.29, 0.717) is 24.4 Å². The number of methoxy groups -OCH3 is 4. The van der Waals surface area contributed by atoms with Crippen molar-refractivity contribution in [3.05, 3.63) is 179 Å². The monoisotopic (exact) mass is 798 g/mol. The van der Waals surface area contributed by atoms with Crippen LogP contribution in [0.15, 0.2) is 143 Å². The summed E-state index contributed by atoms with van der Waals surface area (Å²) in [5.74, 6) is 3.79. The molecule has 2 aliphatic carbocycles. The van der Waals surface area contributed by atoms with Gasteiger partial charge >= 0.3 is 0 Å². The molecular formula is C48H42N6O6. The van der Waals surface area contributed by atoms with Gasteiger partial charge in [0.05, 0.1) is 34.6 Å². The van der Waals surface area contributed by atoms with Crippen LogP contribution in [-0.4, -0.2) is 58.8 Å². The number of fused-ring (bicyclic) bond motifs is 2. The number of nitrogens with one attached hydrogen (secondary N) is 2. The van der Waals surface area contributed by atoms with Gasteiger partial charge in [0, 0.05) is 46.2 Å². The van der Waals surface area contributed by atoms with Gasteiger partial charge in [0.25, 0.3) is 0 Å². The Morgan fingerprint density at radius 3 is 1.42 bits per heavy atom. The summed E-state index contributed by atoms with van der Waals surface area (Å²) in [5, 5.41) is 15.4. The average molecular weight is 799 g/mol. The zero-order chi connectivity index (χ0) is 41.1. The smallest absolute Gasteiger partial charge is 0.247 e. The van der Waals surface area contributed by atoms with Crippen LogP contribution in [0.1, 0.15) is 44.8 Å². The van der Waals surface area contributed by atoms with Gasteiger partial charge in [0.15, 0.2) is 12.1 Å². The van der Waals surface area contributed by atoms with Crippen LogP contribution in [-0.2, 0) is 23.7 Å². The molecule has 0 bridgehead atoms. The second-order valence-electron chi connectivity index (χ2n) is 14.5. The van der Waals surface area contributed by atoms with E-state index >= 15 is 0 Å². The maximum absolute atomic E-state index is 5.51. The molecule has 0 spiro atoms. The number of hydrogen-bond donors (Lipinski definition) is 2. The Hall–Kier alpha value is -7.60. The molecule has 12 heteroatoms. The molecule has 0 atom stereocenters. The summed E-state index contributed by atoms with van der Waals surface area (Å²) in [6.45, 7) is 0. The lowest BCUT2D eigenvalue weighted by atomic mass is 9.68. The number of ether oxygens (including phenoxy) is 4. The summed E-state index contributed by atoms with van der Waals surface area (Å²) in [4.78, 5) is 8.50. The van der Waals surface area contributed by atoms with Crippen molar-refractivity contribution in [3.63, 3.8) is 0 Å². The van der Waals surface area contributed by atoms with Gasteiger partial charge in [-0.15, -0.1) is 0 Å². The predicted molar refractivity (Wildman–Crippen MR) is 227 cm³/mol. The molecule has 12 nitrogen and oxygen atoms in total. The minimum atomic E-state index is -0.406. The van der Waals surface area contributed by atoms with E-state index in [0.717, 1.165) is 79.2 Å². The first-order valence-corrected chi connectivity index (χ1v) is 19.4. The number of aromatic nitrogens is 6. The fourth-order valence-corrected chi connectivity index (χ4v) is 8.29. The van der Waals surface area contributed by atoms with Crippen molar-refractivity contribution in [3.8, 4) is 46.0 Å². The number of rotatable bonds is 10. The highest BCUT2D eigenvalue weighted by Gasteiger charge is 2.39. The van der Waals surface area contributed by atoms with Crippen molar-refractivity contribution in [1.29, 1.82) is 0 Å². The molecule has 0 amide bonds. The standard InChI is InChI=1S/2C24H21N3O3/c1-28-18-7-3-5-16(11-18)24(17-6-4-8-19(12-17)29-2)10-9-20-21(13-24)26-27-23(20)22-14-30-15-25-22;1-28-18-7-3-5-16(13-18)24(17-6-4-8-19(14-17)29-2)10-9-20-21(15-24)26-27-22(20)23-25-11-12-30-23/h3-12,14-15H,13H2,1-2H3,(H,26,27);3-14H,15H2,1-2H3,(H,26,27). The van der Waals surface area contributed by atoms with Gasteiger partial charge in [-0.1, -0.05) is 72.8 Å². The van der Waals surface area contributed by atoms with Crippen molar-refractivity contribution in [2.75, 3.05) is 28.4 Å². The lowest BCUT2D eigenvalue weighted by Gasteiger charge is -2.35. The number of hydrogen-bond acceptors (Lipinski definition) is 10. The van der Waals surface area contributed by atoms with Crippen LogP contribution < -0.4 is 18.9 Å². The van der Waals surface area contributed by atoms with Crippen LogP contribution >= 0.6 is 0 Å². The van der Waals surface area contributed by atoms with E-state index in [1.54, 1.807) is 47.2 Å². The molecule has 4 heterocycles. The number of H-pyrrole nitrogens is 2. The van der Waals surface area contributed by atoms with Crippen molar-refractivity contribution >= 4 is 12.2 Å². The summed E-state index contributed by atoms with van der Waals surface area (Å²) in [7, 11) is 6.74. The number of allylic oxidation sites excluding steroid dienone is 2. The maximum Gasteiger partial charge on any atom is 0.247 e. The van der Waals surface area contributed by atoms with Crippen LogP contribution in [0, 0.1) is 0 Å². The van der Waals surface area contributed by atoms with Gasteiger partial charge < -0.3 is 27.8 Å².